The highest BCUT2D eigenvalue weighted by Crippen LogP contribution is 2.33. The number of benzene rings is 2. The van der Waals surface area contributed by atoms with Gasteiger partial charge in [0.2, 0.25) is 5.91 Å². The number of hydrogen-bond acceptors (Lipinski definition) is 4. The first-order chi connectivity index (χ1) is 14.0. The van der Waals surface area contributed by atoms with Crippen molar-refractivity contribution in [2.45, 2.75) is 31.8 Å². The smallest absolute Gasteiger partial charge is 0.325 e. The Labute approximate surface area is 170 Å². The maximum atomic E-state index is 13.2. The maximum absolute atomic E-state index is 13.2. The predicted octanol–water partition coefficient (Wildman–Crippen LogP) is 2.56. The van der Waals surface area contributed by atoms with E-state index in [0.717, 1.165) is 21.8 Å². The monoisotopic (exact) mass is 395 g/mol. The summed E-state index contributed by atoms with van der Waals surface area (Å²) in [6.45, 7) is 1.93. The zero-order valence-electron chi connectivity index (χ0n) is 16.6. The lowest BCUT2D eigenvalue weighted by atomic mass is 9.85. The third-order valence-electron chi connectivity index (χ3n) is 5.02. The predicted molar refractivity (Wildman–Crippen MR) is 108 cm³/mol. The van der Waals surface area contributed by atoms with E-state index in [9.17, 15) is 14.4 Å². The molecule has 0 bridgehead atoms. The van der Waals surface area contributed by atoms with Crippen LogP contribution in [-0.2, 0) is 21.7 Å². The van der Waals surface area contributed by atoms with Crippen LogP contribution >= 0.6 is 0 Å². The Balaban J connectivity index is 1.68. The molecule has 1 heterocycles. The van der Waals surface area contributed by atoms with E-state index in [1.54, 1.807) is 19.2 Å². The minimum atomic E-state index is -1.12. The van der Waals surface area contributed by atoms with E-state index in [-0.39, 0.29) is 6.54 Å². The number of carbonyl (C=O) groups excluding carboxylic acids is 3. The van der Waals surface area contributed by atoms with Gasteiger partial charge in [-0.25, -0.2) is 4.79 Å². The van der Waals surface area contributed by atoms with Crippen molar-refractivity contribution >= 4 is 17.8 Å². The van der Waals surface area contributed by atoms with Crippen LogP contribution in [0.1, 0.15) is 30.9 Å². The van der Waals surface area contributed by atoms with Crippen molar-refractivity contribution in [2.75, 3.05) is 13.7 Å². The van der Waals surface area contributed by atoms with Crippen LogP contribution in [0.15, 0.2) is 54.6 Å². The first-order valence-electron chi connectivity index (χ1n) is 9.59. The summed E-state index contributed by atoms with van der Waals surface area (Å²) >= 11 is 0. The molecule has 7 heteroatoms. The summed E-state index contributed by atoms with van der Waals surface area (Å²) in [6, 6.07) is 15.9. The van der Waals surface area contributed by atoms with Gasteiger partial charge in [-0.3, -0.25) is 14.5 Å². The molecule has 1 fully saturated rings. The molecular formula is C22H25N3O4. The first kappa shape index (κ1) is 20.4. The fourth-order valence-electron chi connectivity index (χ4n) is 3.52. The van der Waals surface area contributed by atoms with E-state index >= 15 is 0 Å². The number of ether oxygens (including phenoxy) is 1. The lowest BCUT2D eigenvalue weighted by molar-refractivity contribution is -0.135. The topological polar surface area (TPSA) is 87.7 Å². The summed E-state index contributed by atoms with van der Waals surface area (Å²) in [5.41, 5.74) is 0.492. The number of hydrogen-bond donors (Lipinski definition) is 2. The van der Waals surface area contributed by atoms with E-state index in [1.807, 2.05) is 49.4 Å². The Morgan fingerprint density at radius 2 is 1.79 bits per heavy atom. The Morgan fingerprint density at radius 1 is 1.10 bits per heavy atom. The minimum Gasteiger partial charge on any atom is -0.497 e. The molecule has 0 aromatic heterocycles. The van der Waals surface area contributed by atoms with Gasteiger partial charge in [-0.1, -0.05) is 55.8 Å². The average Bonchev–Trinajstić information content (AvgIpc) is 2.98. The van der Waals surface area contributed by atoms with Crippen LogP contribution in [0.3, 0.4) is 0 Å². The Bertz CT molecular complexity index is 883. The molecule has 0 aliphatic carbocycles. The fraction of sp³-hybridized carbons (Fsp3) is 0.318. The number of urea groups is 1. The molecule has 29 heavy (non-hydrogen) atoms. The molecule has 1 aliphatic rings. The molecule has 2 aromatic carbocycles. The van der Waals surface area contributed by atoms with Gasteiger partial charge >= 0.3 is 6.03 Å². The van der Waals surface area contributed by atoms with E-state index in [1.165, 1.54) is 0 Å². The lowest BCUT2D eigenvalue weighted by Gasteiger charge is -2.26. The van der Waals surface area contributed by atoms with Gasteiger partial charge in [-0.2, -0.15) is 0 Å². The Morgan fingerprint density at radius 3 is 2.41 bits per heavy atom. The van der Waals surface area contributed by atoms with Gasteiger partial charge < -0.3 is 15.4 Å². The van der Waals surface area contributed by atoms with Crippen LogP contribution in [0.4, 0.5) is 4.79 Å². The molecule has 2 aromatic rings. The molecule has 0 spiro atoms. The van der Waals surface area contributed by atoms with Gasteiger partial charge in [0.1, 0.15) is 17.8 Å². The average molecular weight is 395 g/mol. The van der Waals surface area contributed by atoms with Crippen LogP contribution in [-0.4, -0.2) is 36.4 Å². The van der Waals surface area contributed by atoms with Crippen molar-refractivity contribution in [2.24, 2.45) is 0 Å². The summed E-state index contributed by atoms with van der Waals surface area (Å²) in [5.74, 6) is -0.0626. The van der Waals surface area contributed by atoms with Crippen LogP contribution in [0.5, 0.6) is 5.75 Å². The SMILES string of the molecule is CCC[C@@]1(c2ccccc2)NC(=O)N(CC(=O)NCc2ccc(OC)cc2)C1=O. The third-order valence-corrected chi connectivity index (χ3v) is 5.02. The third kappa shape index (κ3) is 4.23. The highest BCUT2D eigenvalue weighted by Gasteiger charge is 2.52. The molecule has 4 amide bonds. The highest BCUT2D eigenvalue weighted by atomic mass is 16.5. The summed E-state index contributed by atoms with van der Waals surface area (Å²) in [5, 5.41) is 5.57. The highest BCUT2D eigenvalue weighted by molar-refractivity contribution is 6.09. The number of nitrogens with one attached hydrogen (secondary N) is 2. The van der Waals surface area contributed by atoms with Gasteiger partial charge in [0.25, 0.3) is 5.91 Å². The lowest BCUT2D eigenvalue weighted by Crippen LogP contribution is -2.45. The summed E-state index contributed by atoms with van der Waals surface area (Å²) in [7, 11) is 1.59. The molecule has 0 saturated carbocycles. The maximum Gasteiger partial charge on any atom is 0.325 e. The van der Waals surface area contributed by atoms with Gasteiger partial charge in [0.05, 0.1) is 7.11 Å². The quantitative estimate of drug-likeness (QED) is 0.673. The van der Waals surface area contributed by atoms with Crippen LogP contribution in [0, 0.1) is 0 Å². The van der Waals surface area contributed by atoms with Crippen LogP contribution in [0.25, 0.3) is 0 Å². The second-order valence-corrected chi connectivity index (χ2v) is 6.97. The van der Waals surface area contributed by atoms with Crippen molar-refractivity contribution in [3.05, 3.63) is 65.7 Å². The number of nitrogens with zero attached hydrogens (tertiary/aromatic N) is 1. The molecule has 152 valence electrons. The van der Waals surface area contributed by atoms with Crippen molar-refractivity contribution in [1.29, 1.82) is 0 Å². The number of methoxy groups -OCH3 is 1. The second-order valence-electron chi connectivity index (χ2n) is 6.97. The molecule has 2 N–H and O–H groups in total. The Kier molecular flexibility index (Phi) is 6.16. The van der Waals surface area contributed by atoms with Crippen molar-refractivity contribution in [3.8, 4) is 5.75 Å². The van der Waals surface area contributed by atoms with E-state index < -0.39 is 23.4 Å². The first-order valence-corrected chi connectivity index (χ1v) is 9.59. The van der Waals surface area contributed by atoms with E-state index in [0.29, 0.717) is 19.4 Å². The standard InChI is InChI=1S/C22H25N3O4/c1-3-13-22(17-7-5-4-6-8-17)20(27)25(21(28)24-22)15-19(26)23-14-16-9-11-18(29-2)12-10-16/h4-12H,3,13-15H2,1-2H3,(H,23,26)(H,24,28)/t22-/m0/s1. The van der Waals surface area contributed by atoms with Crippen molar-refractivity contribution < 1.29 is 19.1 Å². The minimum absolute atomic E-state index is 0.297. The second kappa shape index (κ2) is 8.77. The summed E-state index contributed by atoms with van der Waals surface area (Å²) < 4.78 is 5.11. The molecule has 3 rings (SSSR count). The van der Waals surface area contributed by atoms with Crippen LogP contribution in [0.2, 0.25) is 0 Å². The van der Waals surface area contributed by atoms with Crippen molar-refractivity contribution in [3.63, 3.8) is 0 Å². The largest absolute Gasteiger partial charge is 0.497 e. The molecule has 0 unspecified atom stereocenters. The molecule has 7 nitrogen and oxygen atoms in total. The number of carbonyl (C=O) groups is 3. The van der Waals surface area contributed by atoms with Crippen LogP contribution < -0.4 is 15.4 Å². The molecule has 1 aliphatic heterocycles. The van der Waals surface area contributed by atoms with Gasteiger partial charge in [-0.05, 0) is 29.7 Å². The van der Waals surface area contributed by atoms with Gasteiger partial charge in [0, 0.05) is 6.54 Å². The number of amides is 4. The Hall–Kier alpha value is -3.35. The van der Waals surface area contributed by atoms with Gasteiger partial charge in [0.15, 0.2) is 0 Å². The number of imide groups is 1. The zero-order chi connectivity index (χ0) is 20.9. The fourth-order valence-corrected chi connectivity index (χ4v) is 3.52. The molecule has 1 atom stereocenters. The summed E-state index contributed by atoms with van der Waals surface area (Å²) in [6.07, 6.45) is 1.17. The van der Waals surface area contributed by atoms with E-state index in [4.69, 9.17) is 4.74 Å². The molecular weight excluding hydrogens is 370 g/mol. The van der Waals surface area contributed by atoms with Crippen molar-refractivity contribution in [1.82, 2.24) is 15.5 Å². The molecule has 0 radical (unpaired) electrons. The van der Waals surface area contributed by atoms with E-state index in [2.05, 4.69) is 10.6 Å². The number of rotatable bonds is 8. The zero-order valence-corrected chi connectivity index (χ0v) is 16.6. The molecule has 1 saturated heterocycles. The summed E-state index contributed by atoms with van der Waals surface area (Å²) in [4.78, 5) is 39.1. The van der Waals surface area contributed by atoms with Gasteiger partial charge in [-0.15, -0.1) is 0 Å². The normalized spacial score (nSPS) is 18.5.